The van der Waals surface area contributed by atoms with E-state index in [0.717, 1.165) is 24.1 Å². The number of hydrogen-bond acceptors (Lipinski definition) is 3. The lowest BCUT2D eigenvalue weighted by Crippen LogP contribution is -2.24. The van der Waals surface area contributed by atoms with E-state index < -0.39 is 0 Å². The molecule has 1 saturated carbocycles. The third-order valence-corrected chi connectivity index (χ3v) is 4.08. The molecule has 0 saturated heterocycles. The van der Waals surface area contributed by atoms with Crippen molar-refractivity contribution in [3.05, 3.63) is 24.0 Å². The van der Waals surface area contributed by atoms with E-state index in [4.69, 9.17) is 0 Å². The first-order valence-electron chi connectivity index (χ1n) is 7.12. The van der Waals surface area contributed by atoms with Crippen LogP contribution in [0.3, 0.4) is 0 Å². The van der Waals surface area contributed by atoms with E-state index in [9.17, 15) is 4.79 Å². The minimum absolute atomic E-state index is 0.144. The topological polar surface area (TPSA) is 54.0 Å². The lowest BCUT2D eigenvalue weighted by molar-refractivity contribution is 0.0958. The van der Waals surface area contributed by atoms with E-state index in [0.29, 0.717) is 5.69 Å². The van der Waals surface area contributed by atoms with Crippen molar-refractivity contribution in [3.63, 3.8) is 0 Å². The average Bonchev–Trinajstić information content (AvgIpc) is 2.46. The maximum absolute atomic E-state index is 11.5. The summed E-state index contributed by atoms with van der Waals surface area (Å²) in [5, 5.41) is 6.04. The van der Waals surface area contributed by atoms with Crippen LogP contribution >= 0.6 is 0 Å². The van der Waals surface area contributed by atoms with Crippen LogP contribution in [0.15, 0.2) is 18.3 Å². The van der Waals surface area contributed by atoms with Crippen LogP contribution in [0.25, 0.3) is 0 Å². The standard InChI is InChI=1S/C15H23N3O/c1-11-5-3-4-6-12(11)10-18-13-7-8-17-14(9-13)15(19)16-2/h7-9,11-12H,3-6,10H2,1-2H3,(H,16,19)(H,17,18). The number of carbonyl (C=O) groups excluding carboxylic acids is 1. The summed E-state index contributed by atoms with van der Waals surface area (Å²) in [6.45, 7) is 3.33. The van der Waals surface area contributed by atoms with Crippen LogP contribution in [-0.4, -0.2) is 24.5 Å². The first-order chi connectivity index (χ1) is 9.20. The van der Waals surface area contributed by atoms with Gasteiger partial charge in [0, 0.05) is 25.5 Å². The highest BCUT2D eigenvalue weighted by Gasteiger charge is 2.20. The number of carbonyl (C=O) groups is 1. The molecule has 0 aliphatic heterocycles. The molecule has 1 aliphatic rings. The molecule has 2 unspecified atom stereocenters. The van der Waals surface area contributed by atoms with Crippen molar-refractivity contribution in [2.24, 2.45) is 11.8 Å². The number of aromatic nitrogens is 1. The molecule has 19 heavy (non-hydrogen) atoms. The molecule has 1 heterocycles. The van der Waals surface area contributed by atoms with Gasteiger partial charge in [-0.1, -0.05) is 26.2 Å². The third-order valence-electron chi connectivity index (χ3n) is 4.08. The van der Waals surface area contributed by atoms with Gasteiger partial charge in [0.05, 0.1) is 0 Å². The van der Waals surface area contributed by atoms with Crippen molar-refractivity contribution in [3.8, 4) is 0 Å². The van der Waals surface area contributed by atoms with Crippen molar-refractivity contribution in [2.45, 2.75) is 32.6 Å². The van der Waals surface area contributed by atoms with Gasteiger partial charge in [0.2, 0.25) is 0 Å². The zero-order valence-corrected chi connectivity index (χ0v) is 11.8. The minimum atomic E-state index is -0.144. The SMILES string of the molecule is CNC(=O)c1cc(NCC2CCCCC2C)ccn1. The van der Waals surface area contributed by atoms with Crippen LogP contribution in [0, 0.1) is 11.8 Å². The molecule has 1 aromatic rings. The van der Waals surface area contributed by atoms with E-state index in [2.05, 4.69) is 22.5 Å². The summed E-state index contributed by atoms with van der Waals surface area (Å²) in [5.41, 5.74) is 1.44. The van der Waals surface area contributed by atoms with Crippen LogP contribution in [0.2, 0.25) is 0 Å². The van der Waals surface area contributed by atoms with Gasteiger partial charge in [0.1, 0.15) is 5.69 Å². The second kappa shape index (κ2) is 6.55. The van der Waals surface area contributed by atoms with Gasteiger partial charge < -0.3 is 10.6 Å². The summed E-state index contributed by atoms with van der Waals surface area (Å²) in [5.74, 6) is 1.39. The summed E-state index contributed by atoms with van der Waals surface area (Å²) < 4.78 is 0. The molecule has 0 spiro atoms. The molecule has 1 aliphatic carbocycles. The molecule has 1 amide bonds. The van der Waals surface area contributed by atoms with E-state index in [1.807, 2.05) is 12.1 Å². The lowest BCUT2D eigenvalue weighted by Gasteiger charge is -2.29. The highest BCUT2D eigenvalue weighted by atomic mass is 16.1. The quantitative estimate of drug-likeness (QED) is 0.876. The van der Waals surface area contributed by atoms with Gasteiger partial charge in [-0.15, -0.1) is 0 Å². The van der Waals surface area contributed by atoms with Crippen LogP contribution in [-0.2, 0) is 0 Å². The average molecular weight is 261 g/mol. The Labute approximate surface area is 115 Å². The monoisotopic (exact) mass is 261 g/mol. The van der Waals surface area contributed by atoms with Crippen molar-refractivity contribution >= 4 is 11.6 Å². The molecule has 2 rings (SSSR count). The molecular formula is C15H23N3O. The first kappa shape index (κ1) is 13.8. The number of hydrogen-bond donors (Lipinski definition) is 2. The Morgan fingerprint density at radius 2 is 2.21 bits per heavy atom. The van der Waals surface area contributed by atoms with Crippen LogP contribution < -0.4 is 10.6 Å². The maximum atomic E-state index is 11.5. The van der Waals surface area contributed by atoms with Crippen molar-refractivity contribution in [1.82, 2.24) is 10.3 Å². The first-order valence-corrected chi connectivity index (χ1v) is 7.12. The molecule has 2 N–H and O–H groups in total. The van der Waals surface area contributed by atoms with E-state index >= 15 is 0 Å². The largest absolute Gasteiger partial charge is 0.385 e. The fraction of sp³-hybridized carbons (Fsp3) is 0.600. The molecular weight excluding hydrogens is 238 g/mol. The molecule has 1 fully saturated rings. The van der Waals surface area contributed by atoms with Crippen molar-refractivity contribution < 1.29 is 4.79 Å². The van der Waals surface area contributed by atoms with Crippen LogP contribution in [0.1, 0.15) is 43.1 Å². The highest BCUT2D eigenvalue weighted by Crippen LogP contribution is 2.29. The number of pyridine rings is 1. The van der Waals surface area contributed by atoms with Gasteiger partial charge in [0.25, 0.3) is 5.91 Å². The Hall–Kier alpha value is -1.58. The molecule has 0 bridgehead atoms. The molecule has 0 aromatic carbocycles. The summed E-state index contributed by atoms with van der Waals surface area (Å²) in [7, 11) is 1.62. The molecule has 0 radical (unpaired) electrons. The molecule has 2 atom stereocenters. The van der Waals surface area contributed by atoms with E-state index in [1.165, 1.54) is 25.7 Å². The molecule has 1 aromatic heterocycles. The molecule has 4 heteroatoms. The number of rotatable bonds is 4. The fourth-order valence-electron chi connectivity index (χ4n) is 2.74. The van der Waals surface area contributed by atoms with Gasteiger partial charge >= 0.3 is 0 Å². The Bertz CT molecular complexity index is 433. The normalized spacial score (nSPS) is 22.8. The number of nitrogens with one attached hydrogen (secondary N) is 2. The van der Waals surface area contributed by atoms with Gasteiger partial charge in [-0.05, 0) is 30.4 Å². The zero-order valence-electron chi connectivity index (χ0n) is 11.8. The summed E-state index contributed by atoms with van der Waals surface area (Å²) in [4.78, 5) is 15.6. The van der Waals surface area contributed by atoms with Gasteiger partial charge in [-0.25, -0.2) is 0 Å². The molecule has 104 valence electrons. The van der Waals surface area contributed by atoms with E-state index in [-0.39, 0.29) is 5.91 Å². The third kappa shape index (κ3) is 3.69. The Morgan fingerprint density at radius 1 is 1.42 bits per heavy atom. The predicted octanol–water partition coefficient (Wildman–Crippen LogP) is 2.68. The van der Waals surface area contributed by atoms with Crippen molar-refractivity contribution in [1.29, 1.82) is 0 Å². The second-order valence-corrected chi connectivity index (χ2v) is 5.41. The summed E-state index contributed by atoms with van der Waals surface area (Å²) in [6.07, 6.45) is 7.04. The van der Waals surface area contributed by atoms with E-state index in [1.54, 1.807) is 13.2 Å². The van der Waals surface area contributed by atoms with Crippen molar-refractivity contribution in [2.75, 3.05) is 18.9 Å². The number of nitrogens with zero attached hydrogens (tertiary/aromatic N) is 1. The second-order valence-electron chi connectivity index (χ2n) is 5.41. The molecule has 4 nitrogen and oxygen atoms in total. The minimum Gasteiger partial charge on any atom is -0.385 e. The highest BCUT2D eigenvalue weighted by molar-refractivity contribution is 5.92. The Kier molecular flexibility index (Phi) is 4.77. The van der Waals surface area contributed by atoms with Gasteiger partial charge in [-0.2, -0.15) is 0 Å². The Morgan fingerprint density at radius 3 is 2.95 bits per heavy atom. The maximum Gasteiger partial charge on any atom is 0.269 e. The van der Waals surface area contributed by atoms with Crippen LogP contribution in [0.4, 0.5) is 5.69 Å². The smallest absolute Gasteiger partial charge is 0.269 e. The van der Waals surface area contributed by atoms with Crippen LogP contribution in [0.5, 0.6) is 0 Å². The Balaban J connectivity index is 1.93. The summed E-state index contributed by atoms with van der Waals surface area (Å²) in [6, 6.07) is 3.73. The zero-order chi connectivity index (χ0) is 13.7. The number of anilines is 1. The van der Waals surface area contributed by atoms with Gasteiger partial charge in [0.15, 0.2) is 0 Å². The predicted molar refractivity (Wildman–Crippen MR) is 77.2 cm³/mol. The fourth-order valence-corrected chi connectivity index (χ4v) is 2.74. The lowest BCUT2D eigenvalue weighted by atomic mass is 9.80. The van der Waals surface area contributed by atoms with Gasteiger partial charge in [-0.3, -0.25) is 9.78 Å². The summed E-state index contributed by atoms with van der Waals surface area (Å²) >= 11 is 0. The number of amides is 1.